The van der Waals surface area contributed by atoms with Crippen LogP contribution in [0.5, 0.6) is 5.75 Å². The van der Waals surface area contributed by atoms with E-state index in [0.29, 0.717) is 22.8 Å². The van der Waals surface area contributed by atoms with Gasteiger partial charge in [0.2, 0.25) is 0 Å². The number of nitrogens with zero attached hydrogens (tertiary/aromatic N) is 1. The molecule has 2 nitrogen and oxygen atoms in total. The van der Waals surface area contributed by atoms with E-state index >= 15 is 0 Å². The number of rotatable bonds is 4. The lowest BCUT2D eigenvalue weighted by Crippen LogP contribution is -2.26. The second-order valence-electron chi connectivity index (χ2n) is 4.05. The Labute approximate surface area is 105 Å². The Balaban J connectivity index is 3.05. The fourth-order valence-corrected chi connectivity index (χ4v) is 1.80. The second kappa shape index (κ2) is 5.64. The van der Waals surface area contributed by atoms with Gasteiger partial charge in [-0.05, 0) is 49.0 Å². The summed E-state index contributed by atoms with van der Waals surface area (Å²) in [5.41, 5.74) is 0.846. The quantitative estimate of drug-likeness (QED) is 0.842. The number of halogens is 2. The Kier molecular flexibility index (Phi) is 4.74. The van der Waals surface area contributed by atoms with Crippen LogP contribution < -0.4 is 4.74 Å². The van der Waals surface area contributed by atoms with Crippen LogP contribution in [-0.4, -0.2) is 25.1 Å². The molecule has 1 aromatic rings. The van der Waals surface area contributed by atoms with Gasteiger partial charge in [-0.3, -0.25) is 4.90 Å². The molecule has 0 aliphatic rings. The van der Waals surface area contributed by atoms with Gasteiger partial charge in [0.05, 0.1) is 11.6 Å². The van der Waals surface area contributed by atoms with Crippen molar-refractivity contribution >= 4 is 15.9 Å². The molecule has 1 rings (SSSR count). The zero-order chi connectivity index (χ0) is 12.3. The summed E-state index contributed by atoms with van der Waals surface area (Å²) in [4.78, 5) is 2.13. The lowest BCUT2D eigenvalue weighted by atomic mass is 10.1. The number of benzene rings is 1. The van der Waals surface area contributed by atoms with E-state index in [-0.39, 0.29) is 5.82 Å². The molecule has 0 N–H and O–H groups in total. The molecule has 0 fully saturated rings. The van der Waals surface area contributed by atoms with Gasteiger partial charge >= 0.3 is 0 Å². The number of hydrogen-bond donors (Lipinski definition) is 0. The summed E-state index contributed by atoms with van der Waals surface area (Å²) in [5.74, 6) is 0.453. The predicted molar refractivity (Wildman–Crippen MR) is 67.3 cm³/mol. The minimum absolute atomic E-state index is 0.257. The molecule has 0 aliphatic carbocycles. The molecule has 0 aromatic heterocycles. The van der Waals surface area contributed by atoms with E-state index < -0.39 is 0 Å². The molecular weight excluding hydrogens is 273 g/mol. The van der Waals surface area contributed by atoms with E-state index in [1.54, 1.807) is 13.2 Å². The van der Waals surface area contributed by atoms with Gasteiger partial charge in [-0.1, -0.05) is 0 Å². The SMILES string of the molecule is COc1ccc(F)c(Br)c1CN(C)C(C)C. The lowest BCUT2D eigenvalue weighted by molar-refractivity contribution is 0.260. The standard InChI is InChI=1S/C12H17BrFNO/c1-8(2)15(3)7-9-11(16-4)6-5-10(14)12(9)13/h5-6,8H,7H2,1-4H3. The topological polar surface area (TPSA) is 12.5 Å². The summed E-state index contributed by atoms with van der Waals surface area (Å²) < 4.78 is 19.2. The lowest BCUT2D eigenvalue weighted by Gasteiger charge is -2.23. The molecule has 0 atom stereocenters. The summed E-state index contributed by atoms with van der Waals surface area (Å²) in [6.07, 6.45) is 0. The first-order valence-electron chi connectivity index (χ1n) is 5.18. The minimum Gasteiger partial charge on any atom is -0.496 e. The first-order valence-corrected chi connectivity index (χ1v) is 5.97. The molecule has 0 heterocycles. The molecule has 0 bridgehead atoms. The van der Waals surface area contributed by atoms with Crippen LogP contribution in [0.3, 0.4) is 0 Å². The Bertz CT molecular complexity index is 368. The molecule has 90 valence electrons. The van der Waals surface area contributed by atoms with E-state index in [1.165, 1.54) is 6.07 Å². The second-order valence-corrected chi connectivity index (χ2v) is 4.84. The maximum atomic E-state index is 13.4. The zero-order valence-electron chi connectivity index (χ0n) is 10.1. The summed E-state index contributed by atoms with van der Waals surface area (Å²) in [5, 5.41) is 0. The molecule has 1 aromatic carbocycles. The highest BCUT2D eigenvalue weighted by Crippen LogP contribution is 2.30. The van der Waals surface area contributed by atoms with Crippen molar-refractivity contribution in [3.05, 3.63) is 28.0 Å². The van der Waals surface area contributed by atoms with Gasteiger partial charge in [-0.2, -0.15) is 0 Å². The van der Waals surface area contributed by atoms with E-state index in [2.05, 4.69) is 34.7 Å². The molecule has 4 heteroatoms. The van der Waals surface area contributed by atoms with Crippen molar-refractivity contribution in [2.24, 2.45) is 0 Å². The molecule has 0 amide bonds. The van der Waals surface area contributed by atoms with Crippen molar-refractivity contribution in [1.29, 1.82) is 0 Å². The molecule has 0 unspecified atom stereocenters. The fourth-order valence-electron chi connectivity index (χ4n) is 1.35. The Morgan fingerprint density at radius 1 is 1.44 bits per heavy atom. The normalized spacial score (nSPS) is 11.2. The minimum atomic E-state index is -0.257. The van der Waals surface area contributed by atoms with Crippen LogP contribution in [0.2, 0.25) is 0 Å². The van der Waals surface area contributed by atoms with Crippen LogP contribution in [-0.2, 0) is 6.54 Å². The molecule has 16 heavy (non-hydrogen) atoms. The summed E-state index contributed by atoms with van der Waals surface area (Å²) >= 11 is 3.27. The van der Waals surface area contributed by atoms with Gasteiger partial charge in [-0.15, -0.1) is 0 Å². The van der Waals surface area contributed by atoms with Crippen molar-refractivity contribution in [3.63, 3.8) is 0 Å². The van der Waals surface area contributed by atoms with Crippen molar-refractivity contribution < 1.29 is 9.13 Å². The van der Waals surface area contributed by atoms with Gasteiger partial charge in [0.25, 0.3) is 0 Å². The van der Waals surface area contributed by atoms with Crippen LogP contribution in [0.1, 0.15) is 19.4 Å². The van der Waals surface area contributed by atoms with Gasteiger partial charge < -0.3 is 4.74 Å². The van der Waals surface area contributed by atoms with Crippen molar-refractivity contribution in [2.75, 3.05) is 14.2 Å². The van der Waals surface area contributed by atoms with E-state index in [9.17, 15) is 4.39 Å². The fraction of sp³-hybridized carbons (Fsp3) is 0.500. The highest BCUT2D eigenvalue weighted by molar-refractivity contribution is 9.10. The maximum absolute atomic E-state index is 13.4. The van der Waals surface area contributed by atoms with Crippen LogP contribution in [0, 0.1) is 5.82 Å². The molecule has 0 radical (unpaired) electrons. The largest absolute Gasteiger partial charge is 0.496 e. The van der Waals surface area contributed by atoms with Gasteiger partial charge in [0, 0.05) is 18.2 Å². The van der Waals surface area contributed by atoms with Gasteiger partial charge in [-0.25, -0.2) is 4.39 Å². The van der Waals surface area contributed by atoms with Crippen LogP contribution >= 0.6 is 15.9 Å². The Hall–Kier alpha value is -0.610. The smallest absolute Gasteiger partial charge is 0.137 e. The van der Waals surface area contributed by atoms with E-state index in [4.69, 9.17) is 4.74 Å². The summed E-state index contributed by atoms with van der Waals surface area (Å²) in [6, 6.07) is 3.46. The van der Waals surface area contributed by atoms with Gasteiger partial charge in [0.15, 0.2) is 0 Å². The molecule has 0 saturated carbocycles. The van der Waals surface area contributed by atoms with Crippen LogP contribution in [0.4, 0.5) is 4.39 Å². The van der Waals surface area contributed by atoms with Crippen LogP contribution in [0.25, 0.3) is 0 Å². The molecule has 0 aliphatic heterocycles. The Morgan fingerprint density at radius 2 is 2.06 bits per heavy atom. The highest BCUT2D eigenvalue weighted by Gasteiger charge is 2.15. The third-order valence-corrected chi connectivity index (χ3v) is 3.52. The van der Waals surface area contributed by atoms with E-state index in [0.717, 1.165) is 5.56 Å². The number of hydrogen-bond acceptors (Lipinski definition) is 2. The summed E-state index contributed by atoms with van der Waals surface area (Å²) in [7, 11) is 3.60. The van der Waals surface area contributed by atoms with Crippen molar-refractivity contribution in [1.82, 2.24) is 4.90 Å². The number of methoxy groups -OCH3 is 1. The molecular formula is C12H17BrFNO. The van der Waals surface area contributed by atoms with E-state index in [1.807, 2.05) is 7.05 Å². The summed E-state index contributed by atoms with van der Waals surface area (Å²) in [6.45, 7) is 4.85. The highest BCUT2D eigenvalue weighted by atomic mass is 79.9. The first kappa shape index (κ1) is 13.5. The third kappa shape index (κ3) is 2.95. The van der Waals surface area contributed by atoms with Crippen molar-refractivity contribution in [3.8, 4) is 5.75 Å². The molecule has 0 spiro atoms. The average molecular weight is 290 g/mol. The monoisotopic (exact) mass is 289 g/mol. The van der Waals surface area contributed by atoms with Gasteiger partial charge in [0.1, 0.15) is 11.6 Å². The van der Waals surface area contributed by atoms with Crippen molar-refractivity contribution in [2.45, 2.75) is 26.4 Å². The third-order valence-electron chi connectivity index (χ3n) is 2.66. The predicted octanol–water partition coefficient (Wildman–Crippen LogP) is 3.44. The average Bonchev–Trinajstić information content (AvgIpc) is 2.25. The zero-order valence-corrected chi connectivity index (χ0v) is 11.6. The first-order chi connectivity index (χ1) is 7.47. The maximum Gasteiger partial charge on any atom is 0.137 e. The Morgan fingerprint density at radius 3 is 2.56 bits per heavy atom. The number of ether oxygens (including phenoxy) is 1. The van der Waals surface area contributed by atoms with Crippen LogP contribution in [0.15, 0.2) is 16.6 Å². The molecule has 0 saturated heterocycles.